The maximum atomic E-state index is 12.0. The summed E-state index contributed by atoms with van der Waals surface area (Å²) in [7, 11) is 0. The molecule has 0 spiro atoms. The number of carbonyl (C=O) groups excluding carboxylic acids is 1. The van der Waals surface area contributed by atoms with Crippen molar-refractivity contribution in [1.82, 2.24) is 10.2 Å². The summed E-state index contributed by atoms with van der Waals surface area (Å²) in [5, 5.41) is 3.15. The number of nitrogens with one attached hydrogen (secondary N) is 1. The van der Waals surface area contributed by atoms with Crippen molar-refractivity contribution in [3.63, 3.8) is 0 Å². The summed E-state index contributed by atoms with van der Waals surface area (Å²) < 4.78 is 10.3. The van der Waals surface area contributed by atoms with Gasteiger partial charge in [0.1, 0.15) is 19.5 Å². The average Bonchev–Trinajstić information content (AvgIpc) is 2.23. The average molecular weight is 212 g/mol. The second kappa shape index (κ2) is 4.53. The van der Waals surface area contributed by atoms with Crippen LogP contribution in [0, 0.1) is 0 Å². The monoisotopic (exact) mass is 212 g/mol. The highest BCUT2D eigenvalue weighted by molar-refractivity contribution is 5.91. The van der Waals surface area contributed by atoms with Crippen LogP contribution in [0.1, 0.15) is 6.92 Å². The Bertz CT molecular complexity index is 274. The SMILES string of the molecule is CCN(C(=O)C1=COCCO1)C1CNC1. The number of hydrogen-bond acceptors (Lipinski definition) is 4. The first-order valence-electron chi connectivity index (χ1n) is 5.29. The van der Waals surface area contributed by atoms with E-state index in [1.807, 2.05) is 11.8 Å². The topological polar surface area (TPSA) is 50.8 Å². The lowest BCUT2D eigenvalue weighted by molar-refractivity contribution is -0.135. The molecule has 0 bridgehead atoms. The van der Waals surface area contributed by atoms with E-state index in [9.17, 15) is 4.79 Å². The van der Waals surface area contributed by atoms with Gasteiger partial charge in [-0.25, -0.2) is 0 Å². The Morgan fingerprint density at radius 1 is 1.60 bits per heavy atom. The highest BCUT2D eigenvalue weighted by atomic mass is 16.6. The number of likely N-dealkylation sites (N-methyl/N-ethyl adjacent to an activating group) is 1. The molecule has 1 N–H and O–H groups in total. The summed E-state index contributed by atoms with van der Waals surface area (Å²) in [5.74, 6) is 0.263. The highest BCUT2D eigenvalue weighted by Crippen LogP contribution is 2.13. The Labute approximate surface area is 89.0 Å². The van der Waals surface area contributed by atoms with E-state index in [1.165, 1.54) is 6.26 Å². The highest BCUT2D eigenvalue weighted by Gasteiger charge is 2.30. The molecule has 0 atom stereocenters. The molecular weight excluding hydrogens is 196 g/mol. The molecule has 0 aliphatic carbocycles. The summed E-state index contributed by atoms with van der Waals surface area (Å²) in [6.45, 7) is 5.39. The van der Waals surface area contributed by atoms with Crippen LogP contribution in [-0.4, -0.2) is 49.7 Å². The van der Waals surface area contributed by atoms with Crippen LogP contribution in [0.5, 0.6) is 0 Å². The quantitative estimate of drug-likeness (QED) is 0.697. The van der Waals surface area contributed by atoms with E-state index in [4.69, 9.17) is 9.47 Å². The number of rotatable bonds is 3. The molecule has 2 rings (SSSR count). The zero-order chi connectivity index (χ0) is 10.7. The van der Waals surface area contributed by atoms with E-state index in [0.717, 1.165) is 13.1 Å². The van der Waals surface area contributed by atoms with Crippen LogP contribution < -0.4 is 5.32 Å². The van der Waals surface area contributed by atoms with Gasteiger partial charge in [-0.05, 0) is 6.92 Å². The molecule has 0 aromatic heterocycles. The van der Waals surface area contributed by atoms with E-state index in [0.29, 0.717) is 31.6 Å². The van der Waals surface area contributed by atoms with E-state index in [-0.39, 0.29) is 5.91 Å². The van der Waals surface area contributed by atoms with Crippen LogP contribution in [0.25, 0.3) is 0 Å². The van der Waals surface area contributed by atoms with Crippen molar-refractivity contribution in [3.05, 3.63) is 12.0 Å². The predicted molar refractivity (Wildman–Crippen MR) is 54.0 cm³/mol. The lowest BCUT2D eigenvalue weighted by Gasteiger charge is -2.37. The molecular formula is C10H16N2O3. The number of nitrogens with zero attached hydrogens (tertiary/aromatic N) is 1. The number of hydrogen-bond donors (Lipinski definition) is 1. The lowest BCUT2D eigenvalue weighted by Crippen LogP contribution is -2.59. The molecule has 1 amide bonds. The smallest absolute Gasteiger partial charge is 0.292 e. The molecule has 0 aromatic rings. The van der Waals surface area contributed by atoms with E-state index in [2.05, 4.69) is 5.32 Å². The molecule has 2 aliphatic heterocycles. The van der Waals surface area contributed by atoms with Crippen molar-refractivity contribution in [2.75, 3.05) is 32.8 Å². The summed E-state index contributed by atoms with van der Waals surface area (Å²) in [4.78, 5) is 13.8. The molecule has 5 nitrogen and oxygen atoms in total. The standard InChI is InChI=1S/C10H16N2O3/c1-2-12(8-5-11-6-8)10(13)9-7-14-3-4-15-9/h7-8,11H,2-6H2,1H3. The third-order valence-electron chi connectivity index (χ3n) is 2.66. The summed E-state index contributed by atoms with van der Waals surface area (Å²) in [6.07, 6.45) is 1.42. The fraction of sp³-hybridized carbons (Fsp3) is 0.700. The van der Waals surface area contributed by atoms with Crippen molar-refractivity contribution in [2.45, 2.75) is 13.0 Å². The van der Waals surface area contributed by atoms with Gasteiger partial charge in [0.25, 0.3) is 5.91 Å². The molecule has 1 saturated heterocycles. The van der Waals surface area contributed by atoms with Crippen molar-refractivity contribution >= 4 is 5.91 Å². The summed E-state index contributed by atoms with van der Waals surface area (Å²) >= 11 is 0. The van der Waals surface area contributed by atoms with Crippen LogP contribution >= 0.6 is 0 Å². The molecule has 15 heavy (non-hydrogen) atoms. The van der Waals surface area contributed by atoms with Crippen LogP contribution in [0.4, 0.5) is 0 Å². The zero-order valence-electron chi connectivity index (χ0n) is 8.86. The van der Waals surface area contributed by atoms with Gasteiger partial charge < -0.3 is 19.7 Å². The van der Waals surface area contributed by atoms with Crippen LogP contribution in [0.3, 0.4) is 0 Å². The van der Waals surface area contributed by atoms with Crippen molar-refractivity contribution in [1.29, 1.82) is 0 Å². The Morgan fingerprint density at radius 2 is 2.40 bits per heavy atom. The molecule has 0 radical (unpaired) electrons. The fourth-order valence-electron chi connectivity index (χ4n) is 1.68. The first-order valence-corrected chi connectivity index (χ1v) is 5.29. The van der Waals surface area contributed by atoms with E-state index >= 15 is 0 Å². The Hall–Kier alpha value is -1.23. The van der Waals surface area contributed by atoms with E-state index < -0.39 is 0 Å². The van der Waals surface area contributed by atoms with Gasteiger partial charge in [-0.2, -0.15) is 0 Å². The van der Waals surface area contributed by atoms with Crippen LogP contribution in [0.15, 0.2) is 12.0 Å². The largest absolute Gasteiger partial charge is 0.494 e. The molecule has 5 heteroatoms. The molecule has 2 aliphatic rings. The zero-order valence-corrected chi connectivity index (χ0v) is 8.86. The molecule has 2 heterocycles. The lowest BCUT2D eigenvalue weighted by atomic mass is 10.1. The molecule has 0 saturated carbocycles. The third-order valence-corrected chi connectivity index (χ3v) is 2.66. The Morgan fingerprint density at radius 3 is 2.87 bits per heavy atom. The molecule has 84 valence electrons. The van der Waals surface area contributed by atoms with E-state index in [1.54, 1.807) is 0 Å². The van der Waals surface area contributed by atoms with Gasteiger partial charge >= 0.3 is 0 Å². The number of amides is 1. The van der Waals surface area contributed by atoms with Gasteiger partial charge in [0.2, 0.25) is 5.76 Å². The van der Waals surface area contributed by atoms with Crippen molar-refractivity contribution < 1.29 is 14.3 Å². The van der Waals surface area contributed by atoms with Gasteiger partial charge in [0.15, 0.2) is 0 Å². The minimum absolute atomic E-state index is 0.0660. The van der Waals surface area contributed by atoms with Crippen molar-refractivity contribution in [2.24, 2.45) is 0 Å². The minimum Gasteiger partial charge on any atom is -0.494 e. The first kappa shape index (κ1) is 10.3. The molecule has 1 fully saturated rings. The summed E-state index contributed by atoms with van der Waals surface area (Å²) in [6, 6.07) is 0.300. The maximum Gasteiger partial charge on any atom is 0.292 e. The van der Waals surface area contributed by atoms with Gasteiger partial charge in [0, 0.05) is 19.6 Å². The maximum absolute atomic E-state index is 12.0. The Balaban J connectivity index is 2.00. The van der Waals surface area contributed by atoms with Gasteiger partial charge in [0.05, 0.1) is 6.04 Å². The van der Waals surface area contributed by atoms with Crippen molar-refractivity contribution in [3.8, 4) is 0 Å². The minimum atomic E-state index is -0.0660. The second-order valence-corrected chi connectivity index (χ2v) is 3.60. The number of carbonyl (C=O) groups is 1. The van der Waals surface area contributed by atoms with Gasteiger partial charge in [-0.15, -0.1) is 0 Å². The second-order valence-electron chi connectivity index (χ2n) is 3.60. The molecule has 0 aromatic carbocycles. The van der Waals surface area contributed by atoms with Gasteiger partial charge in [-0.1, -0.05) is 0 Å². The van der Waals surface area contributed by atoms with Gasteiger partial charge in [-0.3, -0.25) is 4.79 Å². The van der Waals surface area contributed by atoms with Crippen LogP contribution in [-0.2, 0) is 14.3 Å². The normalized spacial score (nSPS) is 20.7. The summed E-state index contributed by atoms with van der Waals surface area (Å²) in [5.41, 5.74) is 0. The first-order chi connectivity index (χ1) is 7.33. The Kier molecular flexibility index (Phi) is 3.11. The third kappa shape index (κ3) is 2.07. The fourth-order valence-corrected chi connectivity index (χ4v) is 1.68. The molecule has 0 unspecified atom stereocenters. The van der Waals surface area contributed by atoms with Crippen LogP contribution in [0.2, 0.25) is 0 Å². The number of ether oxygens (including phenoxy) is 2. The predicted octanol–water partition coefficient (Wildman–Crippen LogP) is -0.305.